The predicted molar refractivity (Wildman–Crippen MR) is 95.4 cm³/mol. The molecule has 1 saturated heterocycles. The van der Waals surface area contributed by atoms with Crippen LogP contribution in [0.2, 0.25) is 0 Å². The number of carbonyl (C=O) groups excluding carboxylic acids is 2. The van der Waals surface area contributed by atoms with Crippen LogP contribution in [0, 0.1) is 11.8 Å². The number of hydrogen-bond donors (Lipinski definition) is 2. The smallest absolute Gasteiger partial charge is 0.409 e. The van der Waals surface area contributed by atoms with Gasteiger partial charge in [0, 0.05) is 37.8 Å². The van der Waals surface area contributed by atoms with Gasteiger partial charge in [0.1, 0.15) is 0 Å². The molecule has 25 heavy (non-hydrogen) atoms. The highest BCUT2D eigenvalue weighted by atomic mass is 16.6. The highest BCUT2D eigenvalue weighted by Gasteiger charge is 2.43. The molecule has 2 amide bonds. The lowest BCUT2D eigenvalue weighted by Crippen LogP contribution is -2.53. The molecule has 2 bridgehead atoms. The van der Waals surface area contributed by atoms with Gasteiger partial charge in [-0.1, -0.05) is 18.2 Å². The molecule has 1 aliphatic carbocycles. The molecule has 6 nitrogen and oxygen atoms in total. The molecule has 3 atom stereocenters. The Balaban J connectivity index is 1.41. The zero-order valence-corrected chi connectivity index (χ0v) is 14.7. The number of fused-ring (bicyclic) bond motifs is 2. The summed E-state index contributed by atoms with van der Waals surface area (Å²) in [6.07, 6.45) is 2.11. The van der Waals surface area contributed by atoms with Gasteiger partial charge in [0.05, 0.1) is 6.61 Å². The molecular formula is C19H27N3O3. The average molecular weight is 345 g/mol. The van der Waals surface area contributed by atoms with Gasteiger partial charge in [0.25, 0.3) is 5.91 Å². The van der Waals surface area contributed by atoms with Gasteiger partial charge in [-0.25, -0.2) is 4.79 Å². The van der Waals surface area contributed by atoms with Crippen LogP contribution in [0.15, 0.2) is 30.3 Å². The van der Waals surface area contributed by atoms with Gasteiger partial charge in [-0.3, -0.25) is 4.79 Å². The van der Waals surface area contributed by atoms with Gasteiger partial charge >= 0.3 is 6.09 Å². The Morgan fingerprint density at radius 1 is 1.12 bits per heavy atom. The molecule has 0 aromatic heterocycles. The van der Waals surface area contributed by atoms with Gasteiger partial charge in [-0.2, -0.15) is 0 Å². The molecule has 0 spiro atoms. The lowest BCUT2D eigenvalue weighted by Gasteiger charge is -2.37. The van der Waals surface area contributed by atoms with Crippen LogP contribution in [0.4, 0.5) is 4.79 Å². The van der Waals surface area contributed by atoms with Crippen molar-refractivity contribution in [1.82, 2.24) is 15.5 Å². The molecule has 136 valence electrons. The van der Waals surface area contributed by atoms with Crippen molar-refractivity contribution in [2.24, 2.45) is 11.8 Å². The number of hydrogen-bond acceptors (Lipinski definition) is 4. The van der Waals surface area contributed by atoms with E-state index in [1.165, 1.54) is 0 Å². The summed E-state index contributed by atoms with van der Waals surface area (Å²) in [6.45, 7) is 5.14. The first kappa shape index (κ1) is 17.7. The van der Waals surface area contributed by atoms with E-state index in [0.717, 1.165) is 32.5 Å². The van der Waals surface area contributed by atoms with Crippen molar-refractivity contribution >= 4 is 12.0 Å². The fraction of sp³-hybridized carbons (Fsp3) is 0.579. The Kier molecular flexibility index (Phi) is 5.91. The maximum Gasteiger partial charge on any atom is 0.409 e. The van der Waals surface area contributed by atoms with Gasteiger partial charge < -0.3 is 20.3 Å². The molecule has 3 rings (SSSR count). The van der Waals surface area contributed by atoms with Crippen LogP contribution in [-0.2, 0) is 4.74 Å². The quantitative estimate of drug-likeness (QED) is 0.772. The number of nitrogens with zero attached hydrogens (tertiary/aromatic N) is 1. The maximum atomic E-state index is 12.0. The van der Waals surface area contributed by atoms with Crippen LogP contribution in [0.25, 0.3) is 0 Å². The van der Waals surface area contributed by atoms with E-state index in [1.54, 1.807) is 0 Å². The number of nitrogens with one attached hydrogen (secondary N) is 2. The van der Waals surface area contributed by atoms with E-state index in [4.69, 9.17) is 4.74 Å². The normalized spacial score (nSPS) is 24.8. The molecule has 1 heterocycles. The molecule has 2 N–H and O–H groups in total. The standard InChI is InChI=1S/C19H27N3O3/c1-2-25-19(24)22-12-15-8-9-16(13-22)17(15)20-10-11-21-18(23)14-6-4-3-5-7-14/h3-7,15-17,20H,2,8-13H2,1H3,(H,21,23)/t15-,16+,17?. The van der Waals surface area contributed by atoms with Gasteiger partial charge in [0.2, 0.25) is 0 Å². The van der Waals surface area contributed by atoms with Gasteiger partial charge in [-0.15, -0.1) is 0 Å². The Morgan fingerprint density at radius 2 is 1.80 bits per heavy atom. The third kappa shape index (κ3) is 4.31. The SMILES string of the molecule is CCOC(=O)N1C[C@H]2CC[C@@H](C1)C2NCCNC(=O)c1ccccc1. The molecule has 1 aromatic carbocycles. The van der Waals surface area contributed by atoms with E-state index in [1.807, 2.05) is 42.2 Å². The lowest BCUT2D eigenvalue weighted by molar-refractivity contribution is 0.0752. The maximum absolute atomic E-state index is 12.0. The number of benzene rings is 1. The molecule has 1 unspecified atom stereocenters. The second-order valence-electron chi connectivity index (χ2n) is 6.80. The molecule has 2 aliphatic rings. The summed E-state index contributed by atoms with van der Waals surface area (Å²) in [6, 6.07) is 9.68. The van der Waals surface area contributed by atoms with Crippen LogP contribution in [0.5, 0.6) is 0 Å². The molecule has 1 aliphatic heterocycles. The number of carbonyl (C=O) groups is 2. The number of rotatable bonds is 6. The van der Waals surface area contributed by atoms with E-state index in [9.17, 15) is 9.59 Å². The Hall–Kier alpha value is -2.08. The van der Waals surface area contributed by atoms with E-state index in [2.05, 4.69) is 10.6 Å². The number of amides is 2. The van der Waals surface area contributed by atoms with E-state index in [-0.39, 0.29) is 12.0 Å². The minimum absolute atomic E-state index is 0.0393. The summed E-state index contributed by atoms with van der Waals surface area (Å²) in [5.74, 6) is 0.920. The minimum Gasteiger partial charge on any atom is -0.450 e. The highest BCUT2D eigenvalue weighted by Crippen LogP contribution is 2.37. The fourth-order valence-electron chi connectivity index (χ4n) is 4.03. The van der Waals surface area contributed by atoms with Crippen molar-refractivity contribution in [3.05, 3.63) is 35.9 Å². The van der Waals surface area contributed by atoms with Crippen molar-refractivity contribution in [3.8, 4) is 0 Å². The first-order valence-corrected chi connectivity index (χ1v) is 9.17. The summed E-state index contributed by atoms with van der Waals surface area (Å²) < 4.78 is 5.13. The average Bonchev–Trinajstić information content (AvgIpc) is 2.87. The zero-order chi connectivity index (χ0) is 17.6. The number of likely N-dealkylation sites (tertiary alicyclic amines) is 1. The zero-order valence-electron chi connectivity index (χ0n) is 14.7. The van der Waals surface area contributed by atoms with Crippen molar-refractivity contribution < 1.29 is 14.3 Å². The summed E-state index contributed by atoms with van der Waals surface area (Å²) in [5, 5.41) is 6.53. The van der Waals surface area contributed by atoms with E-state index in [0.29, 0.717) is 36.6 Å². The van der Waals surface area contributed by atoms with Crippen LogP contribution in [0.3, 0.4) is 0 Å². The third-order valence-corrected chi connectivity index (χ3v) is 5.19. The Labute approximate surface area is 148 Å². The van der Waals surface area contributed by atoms with Crippen molar-refractivity contribution in [2.45, 2.75) is 25.8 Å². The molecule has 6 heteroatoms. The minimum atomic E-state index is -0.187. The van der Waals surface area contributed by atoms with Crippen LogP contribution in [0.1, 0.15) is 30.1 Å². The summed E-state index contributed by atoms with van der Waals surface area (Å²) >= 11 is 0. The highest BCUT2D eigenvalue weighted by molar-refractivity contribution is 5.94. The Morgan fingerprint density at radius 3 is 2.44 bits per heavy atom. The van der Waals surface area contributed by atoms with Crippen LogP contribution < -0.4 is 10.6 Å². The monoisotopic (exact) mass is 345 g/mol. The number of piperidine rings is 1. The number of ether oxygens (including phenoxy) is 1. The third-order valence-electron chi connectivity index (χ3n) is 5.19. The molecule has 1 saturated carbocycles. The molecular weight excluding hydrogens is 318 g/mol. The topological polar surface area (TPSA) is 70.7 Å². The first-order valence-electron chi connectivity index (χ1n) is 9.17. The summed E-state index contributed by atoms with van der Waals surface area (Å²) in [4.78, 5) is 25.8. The largest absolute Gasteiger partial charge is 0.450 e. The lowest BCUT2D eigenvalue weighted by atomic mass is 9.92. The van der Waals surface area contributed by atoms with Crippen molar-refractivity contribution in [3.63, 3.8) is 0 Å². The van der Waals surface area contributed by atoms with E-state index < -0.39 is 0 Å². The molecule has 2 fully saturated rings. The summed E-state index contributed by atoms with van der Waals surface area (Å²) in [7, 11) is 0. The van der Waals surface area contributed by atoms with Gasteiger partial charge in [0.15, 0.2) is 0 Å². The predicted octanol–water partition coefficient (Wildman–Crippen LogP) is 1.87. The van der Waals surface area contributed by atoms with Crippen LogP contribution >= 0.6 is 0 Å². The van der Waals surface area contributed by atoms with E-state index >= 15 is 0 Å². The second-order valence-corrected chi connectivity index (χ2v) is 6.80. The van der Waals surface area contributed by atoms with Crippen LogP contribution in [-0.4, -0.2) is 55.7 Å². The van der Waals surface area contributed by atoms with Gasteiger partial charge in [-0.05, 0) is 43.7 Å². The molecule has 1 aromatic rings. The first-order chi connectivity index (χ1) is 12.2. The fourth-order valence-corrected chi connectivity index (χ4v) is 4.03. The summed E-state index contributed by atoms with van der Waals surface area (Å²) in [5.41, 5.74) is 0.685. The molecule has 0 radical (unpaired) electrons. The van der Waals surface area contributed by atoms with Crippen molar-refractivity contribution in [2.75, 3.05) is 32.8 Å². The van der Waals surface area contributed by atoms with Crippen molar-refractivity contribution in [1.29, 1.82) is 0 Å². The second kappa shape index (κ2) is 8.34. The Bertz CT molecular complexity index is 579.